The maximum absolute atomic E-state index is 12.7. The lowest BCUT2D eigenvalue weighted by Crippen LogP contribution is -2.30. The van der Waals surface area contributed by atoms with Gasteiger partial charge in [-0.15, -0.1) is 0 Å². The van der Waals surface area contributed by atoms with Crippen molar-refractivity contribution in [2.24, 2.45) is 0 Å². The van der Waals surface area contributed by atoms with Crippen LogP contribution in [0.5, 0.6) is 0 Å². The second kappa shape index (κ2) is 46.0. The molecule has 0 spiro atoms. The molecule has 0 aliphatic heterocycles. The molecule has 0 aromatic rings. The summed E-state index contributed by atoms with van der Waals surface area (Å²) < 4.78 is 17.3. The second-order valence-electron chi connectivity index (χ2n) is 16.4. The van der Waals surface area contributed by atoms with Crippen molar-refractivity contribution in [1.82, 2.24) is 0 Å². The zero-order valence-electron chi connectivity index (χ0n) is 36.8. The average Bonchev–Trinajstić information content (AvgIpc) is 3.17. The van der Waals surface area contributed by atoms with Crippen molar-refractivity contribution < 1.29 is 23.8 Å². The highest BCUT2D eigenvalue weighted by molar-refractivity contribution is 5.70. The highest BCUT2D eigenvalue weighted by atomic mass is 16.6. The molecular formula is C49H94O5. The molecule has 5 heteroatoms. The third-order valence-electron chi connectivity index (χ3n) is 10.8. The summed E-state index contributed by atoms with van der Waals surface area (Å²) in [6, 6.07) is 0. The van der Waals surface area contributed by atoms with Gasteiger partial charge in [0.15, 0.2) is 6.10 Å². The smallest absolute Gasteiger partial charge is 0.306 e. The summed E-state index contributed by atoms with van der Waals surface area (Å²) in [4.78, 5) is 25.3. The van der Waals surface area contributed by atoms with Gasteiger partial charge >= 0.3 is 11.9 Å². The predicted molar refractivity (Wildman–Crippen MR) is 233 cm³/mol. The molecule has 0 aromatic heterocycles. The van der Waals surface area contributed by atoms with Crippen molar-refractivity contribution in [2.45, 2.75) is 271 Å². The van der Waals surface area contributed by atoms with Gasteiger partial charge in [0.05, 0.1) is 6.61 Å². The van der Waals surface area contributed by atoms with Crippen LogP contribution in [0.15, 0.2) is 12.2 Å². The number of carbonyl (C=O) groups excluding carboxylic acids is 2. The van der Waals surface area contributed by atoms with Crippen LogP contribution in [-0.2, 0) is 23.8 Å². The van der Waals surface area contributed by atoms with E-state index in [0.29, 0.717) is 26.1 Å². The van der Waals surface area contributed by atoms with E-state index in [-0.39, 0.29) is 18.5 Å². The van der Waals surface area contributed by atoms with Crippen molar-refractivity contribution in [3.05, 3.63) is 12.2 Å². The summed E-state index contributed by atoms with van der Waals surface area (Å²) in [6.07, 6.45) is 50.6. The number of unbranched alkanes of at least 4 members (excludes halogenated alkanes) is 32. The second-order valence-corrected chi connectivity index (χ2v) is 16.4. The van der Waals surface area contributed by atoms with Gasteiger partial charge in [0.1, 0.15) is 6.61 Å². The Morgan fingerprint density at radius 2 is 0.722 bits per heavy atom. The summed E-state index contributed by atoms with van der Waals surface area (Å²) in [6.45, 7) is 7.85. The minimum absolute atomic E-state index is 0.0907. The Kier molecular flexibility index (Phi) is 44.9. The van der Waals surface area contributed by atoms with Gasteiger partial charge in [-0.05, 0) is 44.9 Å². The fourth-order valence-electron chi connectivity index (χ4n) is 7.15. The third-order valence-corrected chi connectivity index (χ3v) is 10.8. The Morgan fingerprint density at radius 3 is 1.13 bits per heavy atom. The maximum Gasteiger partial charge on any atom is 0.306 e. The number of rotatable bonds is 45. The number of ether oxygens (including phenoxy) is 3. The Morgan fingerprint density at radius 1 is 0.389 bits per heavy atom. The Balaban J connectivity index is 4.20. The van der Waals surface area contributed by atoms with Gasteiger partial charge in [-0.2, -0.15) is 0 Å². The van der Waals surface area contributed by atoms with Gasteiger partial charge in [-0.3, -0.25) is 9.59 Å². The van der Waals surface area contributed by atoms with Crippen LogP contribution in [-0.4, -0.2) is 37.9 Å². The fraction of sp³-hybridized carbons (Fsp3) is 0.918. The molecule has 5 nitrogen and oxygen atoms in total. The quantitative estimate of drug-likeness (QED) is 0.0351. The molecule has 0 aliphatic rings. The van der Waals surface area contributed by atoms with E-state index in [1.165, 1.54) is 186 Å². The highest BCUT2D eigenvalue weighted by Crippen LogP contribution is 2.15. The van der Waals surface area contributed by atoms with Gasteiger partial charge in [0, 0.05) is 19.4 Å². The van der Waals surface area contributed by atoms with E-state index in [1.54, 1.807) is 0 Å². The summed E-state index contributed by atoms with van der Waals surface area (Å²) in [7, 11) is 0. The molecule has 0 bridgehead atoms. The zero-order valence-corrected chi connectivity index (χ0v) is 36.8. The van der Waals surface area contributed by atoms with Crippen LogP contribution >= 0.6 is 0 Å². The molecule has 54 heavy (non-hydrogen) atoms. The SMILES string of the molecule is CCCCCCCC/C=C\CCCCCCCC(=O)OC(COCCCCCCCCCCCC)COC(=O)CCCCCCCCCCCCCCC. The molecule has 0 radical (unpaired) electrons. The van der Waals surface area contributed by atoms with Gasteiger partial charge in [0.25, 0.3) is 0 Å². The minimum Gasteiger partial charge on any atom is -0.462 e. The average molecular weight is 763 g/mol. The van der Waals surface area contributed by atoms with E-state index in [4.69, 9.17) is 14.2 Å². The standard InChI is InChI=1S/C49H94O5/c1-4-7-10-13-16-19-22-24-25-27-29-31-34-37-40-43-49(51)54-47(45-52-44-41-38-35-32-21-18-15-12-9-6-3)46-53-48(50)42-39-36-33-30-28-26-23-20-17-14-11-8-5-2/h24-25,47H,4-23,26-46H2,1-3H3/b25-24-. The largest absolute Gasteiger partial charge is 0.462 e. The molecule has 0 rings (SSSR count). The monoisotopic (exact) mass is 763 g/mol. The van der Waals surface area contributed by atoms with Crippen molar-refractivity contribution in [2.75, 3.05) is 19.8 Å². The maximum atomic E-state index is 12.7. The molecule has 0 amide bonds. The normalized spacial score (nSPS) is 12.1. The van der Waals surface area contributed by atoms with Crippen molar-refractivity contribution in [3.8, 4) is 0 Å². The molecular weight excluding hydrogens is 669 g/mol. The van der Waals surface area contributed by atoms with E-state index >= 15 is 0 Å². The summed E-state index contributed by atoms with van der Waals surface area (Å²) in [5, 5.41) is 0. The highest BCUT2D eigenvalue weighted by Gasteiger charge is 2.17. The Hall–Kier alpha value is -1.36. The van der Waals surface area contributed by atoms with E-state index in [9.17, 15) is 9.59 Å². The van der Waals surface area contributed by atoms with Gasteiger partial charge in [-0.1, -0.05) is 219 Å². The van der Waals surface area contributed by atoms with Crippen LogP contribution in [0.3, 0.4) is 0 Å². The lowest BCUT2D eigenvalue weighted by atomic mass is 10.0. The molecule has 0 aromatic carbocycles. The molecule has 320 valence electrons. The molecule has 0 aliphatic carbocycles. The van der Waals surface area contributed by atoms with E-state index in [1.807, 2.05) is 0 Å². The van der Waals surface area contributed by atoms with Crippen LogP contribution in [0.2, 0.25) is 0 Å². The van der Waals surface area contributed by atoms with Crippen LogP contribution in [0.25, 0.3) is 0 Å². The van der Waals surface area contributed by atoms with Crippen LogP contribution < -0.4 is 0 Å². The number of hydrogen-bond acceptors (Lipinski definition) is 5. The van der Waals surface area contributed by atoms with Crippen LogP contribution in [0.1, 0.15) is 265 Å². The molecule has 0 N–H and O–H groups in total. The first kappa shape index (κ1) is 52.6. The first-order valence-electron chi connectivity index (χ1n) is 24.2. The summed E-state index contributed by atoms with van der Waals surface area (Å²) in [5.41, 5.74) is 0. The van der Waals surface area contributed by atoms with Gasteiger partial charge in [0.2, 0.25) is 0 Å². The van der Waals surface area contributed by atoms with Crippen LogP contribution in [0.4, 0.5) is 0 Å². The van der Waals surface area contributed by atoms with Gasteiger partial charge in [-0.25, -0.2) is 0 Å². The molecule has 1 atom stereocenters. The fourth-order valence-corrected chi connectivity index (χ4v) is 7.15. The van der Waals surface area contributed by atoms with Crippen LogP contribution in [0, 0.1) is 0 Å². The number of esters is 2. The molecule has 0 fully saturated rings. The van der Waals surface area contributed by atoms with Crippen molar-refractivity contribution in [3.63, 3.8) is 0 Å². The first-order chi connectivity index (χ1) is 26.6. The molecule has 0 saturated carbocycles. The topological polar surface area (TPSA) is 61.8 Å². The lowest BCUT2D eigenvalue weighted by Gasteiger charge is -2.18. The predicted octanol–water partition coefficient (Wildman–Crippen LogP) is 15.9. The first-order valence-corrected chi connectivity index (χ1v) is 24.2. The zero-order chi connectivity index (χ0) is 39.3. The Bertz CT molecular complexity index is 780. The lowest BCUT2D eigenvalue weighted by molar-refractivity contribution is -0.163. The molecule has 0 heterocycles. The Labute approximate surface area is 337 Å². The third kappa shape index (κ3) is 43.4. The summed E-state index contributed by atoms with van der Waals surface area (Å²) >= 11 is 0. The minimum atomic E-state index is -0.528. The van der Waals surface area contributed by atoms with Crippen molar-refractivity contribution in [1.29, 1.82) is 0 Å². The van der Waals surface area contributed by atoms with E-state index < -0.39 is 6.10 Å². The van der Waals surface area contributed by atoms with E-state index in [0.717, 1.165) is 44.9 Å². The van der Waals surface area contributed by atoms with Crippen molar-refractivity contribution >= 4 is 11.9 Å². The van der Waals surface area contributed by atoms with E-state index in [2.05, 4.69) is 32.9 Å². The molecule has 1 unspecified atom stereocenters. The van der Waals surface area contributed by atoms with Gasteiger partial charge < -0.3 is 14.2 Å². The molecule has 0 saturated heterocycles. The summed E-state index contributed by atoms with van der Waals surface area (Å²) in [5.74, 6) is -0.390. The number of carbonyl (C=O) groups is 2. The number of hydrogen-bond donors (Lipinski definition) is 0. The number of allylic oxidation sites excluding steroid dienone is 2.